The van der Waals surface area contributed by atoms with E-state index in [0.717, 1.165) is 32.5 Å². The molecule has 1 amide bonds. The van der Waals surface area contributed by atoms with Crippen LogP contribution in [0.1, 0.15) is 26.7 Å². The van der Waals surface area contributed by atoms with Crippen molar-refractivity contribution in [1.29, 1.82) is 0 Å². The first kappa shape index (κ1) is 14.4. The number of likely N-dealkylation sites (tertiary alicyclic amines) is 1. The molecule has 1 heterocycles. The minimum atomic E-state index is -0.640. The SMILES string of the molecule is CCCNC(C)(CN1CCC(OC)C1)C(N)=O. The molecule has 17 heavy (non-hydrogen) atoms. The highest BCUT2D eigenvalue weighted by Crippen LogP contribution is 2.15. The van der Waals surface area contributed by atoms with Crippen molar-refractivity contribution in [3.05, 3.63) is 0 Å². The predicted molar refractivity (Wildman–Crippen MR) is 67.7 cm³/mol. The molecule has 0 bridgehead atoms. The summed E-state index contributed by atoms with van der Waals surface area (Å²) >= 11 is 0. The van der Waals surface area contributed by atoms with E-state index in [1.165, 1.54) is 0 Å². The van der Waals surface area contributed by atoms with Crippen molar-refractivity contribution in [2.75, 3.05) is 33.3 Å². The molecule has 2 atom stereocenters. The summed E-state index contributed by atoms with van der Waals surface area (Å²) < 4.78 is 5.32. The van der Waals surface area contributed by atoms with E-state index in [9.17, 15) is 4.79 Å². The maximum absolute atomic E-state index is 11.6. The molecule has 1 fully saturated rings. The average Bonchev–Trinajstić information content (AvgIpc) is 2.73. The lowest BCUT2D eigenvalue weighted by molar-refractivity contribution is -0.124. The Balaban J connectivity index is 2.52. The van der Waals surface area contributed by atoms with Crippen LogP contribution in [0.2, 0.25) is 0 Å². The van der Waals surface area contributed by atoms with E-state index < -0.39 is 5.54 Å². The van der Waals surface area contributed by atoms with Gasteiger partial charge >= 0.3 is 0 Å². The van der Waals surface area contributed by atoms with Gasteiger partial charge in [0.25, 0.3) is 0 Å². The number of carbonyl (C=O) groups is 1. The quantitative estimate of drug-likeness (QED) is 0.658. The van der Waals surface area contributed by atoms with E-state index in [1.54, 1.807) is 7.11 Å². The van der Waals surface area contributed by atoms with E-state index in [-0.39, 0.29) is 5.91 Å². The van der Waals surface area contributed by atoms with E-state index >= 15 is 0 Å². The number of primary amides is 1. The lowest BCUT2D eigenvalue weighted by Crippen LogP contribution is -2.59. The van der Waals surface area contributed by atoms with Gasteiger partial charge < -0.3 is 15.8 Å². The summed E-state index contributed by atoms with van der Waals surface area (Å²) in [6, 6.07) is 0. The van der Waals surface area contributed by atoms with Crippen LogP contribution in [0.5, 0.6) is 0 Å². The maximum Gasteiger partial charge on any atom is 0.238 e. The molecule has 0 spiro atoms. The maximum atomic E-state index is 11.6. The minimum Gasteiger partial charge on any atom is -0.380 e. The highest BCUT2D eigenvalue weighted by molar-refractivity contribution is 5.84. The van der Waals surface area contributed by atoms with E-state index in [4.69, 9.17) is 10.5 Å². The van der Waals surface area contributed by atoms with Gasteiger partial charge in [-0.1, -0.05) is 6.92 Å². The second-order valence-electron chi connectivity index (χ2n) is 5.00. The van der Waals surface area contributed by atoms with Gasteiger partial charge in [0.1, 0.15) is 5.54 Å². The Labute approximate surface area is 104 Å². The number of carbonyl (C=O) groups excluding carboxylic acids is 1. The topological polar surface area (TPSA) is 67.6 Å². The number of ether oxygens (including phenoxy) is 1. The third-order valence-corrected chi connectivity index (χ3v) is 3.41. The lowest BCUT2D eigenvalue weighted by atomic mass is 10.0. The average molecular weight is 243 g/mol. The molecule has 1 rings (SSSR count). The van der Waals surface area contributed by atoms with Crippen LogP contribution in [0.15, 0.2) is 0 Å². The number of nitrogens with two attached hydrogens (primary N) is 1. The summed E-state index contributed by atoms with van der Waals surface area (Å²) in [6.07, 6.45) is 2.31. The molecule has 5 nitrogen and oxygen atoms in total. The van der Waals surface area contributed by atoms with Gasteiger partial charge in [0.15, 0.2) is 0 Å². The normalized spacial score (nSPS) is 24.8. The van der Waals surface area contributed by atoms with Gasteiger partial charge in [-0.05, 0) is 26.3 Å². The van der Waals surface area contributed by atoms with Gasteiger partial charge in [-0.2, -0.15) is 0 Å². The zero-order valence-corrected chi connectivity index (χ0v) is 11.2. The van der Waals surface area contributed by atoms with Crippen LogP contribution in [0.25, 0.3) is 0 Å². The van der Waals surface area contributed by atoms with Crippen LogP contribution < -0.4 is 11.1 Å². The molecule has 0 radical (unpaired) electrons. The van der Waals surface area contributed by atoms with E-state index in [1.807, 2.05) is 6.92 Å². The Morgan fingerprint density at radius 3 is 2.82 bits per heavy atom. The zero-order chi connectivity index (χ0) is 12.9. The van der Waals surface area contributed by atoms with Crippen LogP contribution in [0, 0.1) is 0 Å². The smallest absolute Gasteiger partial charge is 0.238 e. The third-order valence-electron chi connectivity index (χ3n) is 3.41. The van der Waals surface area contributed by atoms with Gasteiger partial charge in [0.2, 0.25) is 5.91 Å². The number of methoxy groups -OCH3 is 1. The summed E-state index contributed by atoms with van der Waals surface area (Å²) in [5.41, 5.74) is 4.86. The summed E-state index contributed by atoms with van der Waals surface area (Å²) in [5, 5.41) is 3.25. The summed E-state index contributed by atoms with van der Waals surface area (Å²) in [4.78, 5) is 13.8. The first-order valence-electron chi connectivity index (χ1n) is 6.32. The van der Waals surface area contributed by atoms with Gasteiger partial charge in [-0.25, -0.2) is 0 Å². The van der Waals surface area contributed by atoms with E-state index in [2.05, 4.69) is 17.1 Å². The van der Waals surface area contributed by atoms with Crippen molar-refractivity contribution < 1.29 is 9.53 Å². The molecule has 100 valence electrons. The Morgan fingerprint density at radius 2 is 2.35 bits per heavy atom. The number of hydrogen-bond donors (Lipinski definition) is 2. The van der Waals surface area contributed by atoms with Crippen molar-refractivity contribution in [2.24, 2.45) is 5.73 Å². The first-order valence-corrected chi connectivity index (χ1v) is 6.32. The largest absolute Gasteiger partial charge is 0.380 e. The van der Waals surface area contributed by atoms with Gasteiger partial charge in [0.05, 0.1) is 6.10 Å². The van der Waals surface area contributed by atoms with Gasteiger partial charge in [-0.3, -0.25) is 9.69 Å². The van der Waals surface area contributed by atoms with Crippen molar-refractivity contribution in [3.63, 3.8) is 0 Å². The molecule has 0 aromatic heterocycles. The highest BCUT2D eigenvalue weighted by Gasteiger charge is 2.35. The molecular weight excluding hydrogens is 218 g/mol. The fourth-order valence-electron chi connectivity index (χ4n) is 2.20. The van der Waals surface area contributed by atoms with Gasteiger partial charge in [0, 0.05) is 26.7 Å². The van der Waals surface area contributed by atoms with Crippen molar-refractivity contribution in [3.8, 4) is 0 Å². The highest BCUT2D eigenvalue weighted by atomic mass is 16.5. The predicted octanol–water partition coefficient (Wildman–Crippen LogP) is -0.0493. The fourth-order valence-corrected chi connectivity index (χ4v) is 2.20. The monoisotopic (exact) mass is 243 g/mol. The van der Waals surface area contributed by atoms with Crippen LogP contribution in [-0.2, 0) is 9.53 Å². The van der Waals surface area contributed by atoms with Crippen LogP contribution >= 0.6 is 0 Å². The molecular formula is C12H25N3O2. The summed E-state index contributed by atoms with van der Waals surface area (Å²) in [6.45, 7) is 7.27. The molecule has 2 unspecified atom stereocenters. The molecule has 0 saturated carbocycles. The first-order chi connectivity index (χ1) is 8.01. The number of nitrogens with zero attached hydrogens (tertiary/aromatic N) is 1. The van der Waals surface area contributed by atoms with Crippen molar-refractivity contribution in [2.45, 2.75) is 38.3 Å². The number of nitrogens with one attached hydrogen (secondary N) is 1. The molecule has 0 aromatic carbocycles. The Kier molecular flexibility index (Phi) is 5.36. The van der Waals surface area contributed by atoms with Crippen molar-refractivity contribution >= 4 is 5.91 Å². The molecule has 3 N–H and O–H groups in total. The Bertz CT molecular complexity index is 260. The minimum absolute atomic E-state index is 0.285. The molecule has 5 heteroatoms. The second-order valence-corrected chi connectivity index (χ2v) is 5.00. The Hall–Kier alpha value is -0.650. The standard InChI is InChI=1S/C12H25N3O2/c1-4-6-14-12(2,11(13)16)9-15-7-5-10(8-15)17-3/h10,14H,4-9H2,1-3H3,(H2,13,16). The molecule has 1 saturated heterocycles. The summed E-state index contributed by atoms with van der Waals surface area (Å²) in [5.74, 6) is -0.285. The number of amides is 1. The van der Waals surface area contributed by atoms with Crippen LogP contribution in [0.4, 0.5) is 0 Å². The van der Waals surface area contributed by atoms with E-state index in [0.29, 0.717) is 12.6 Å². The summed E-state index contributed by atoms with van der Waals surface area (Å²) in [7, 11) is 1.73. The van der Waals surface area contributed by atoms with Gasteiger partial charge in [-0.15, -0.1) is 0 Å². The van der Waals surface area contributed by atoms with Crippen LogP contribution in [-0.4, -0.2) is 55.7 Å². The Morgan fingerprint density at radius 1 is 1.65 bits per heavy atom. The fraction of sp³-hybridized carbons (Fsp3) is 0.917. The molecule has 0 aromatic rings. The third kappa shape index (κ3) is 3.94. The number of hydrogen-bond acceptors (Lipinski definition) is 4. The molecule has 0 aliphatic carbocycles. The number of rotatable bonds is 7. The zero-order valence-electron chi connectivity index (χ0n) is 11.2. The lowest BCUT2D eigenvalue weighted by Gasteiger charge is -2.32. The molecule has 1 aliphatic rings. The van der Waals surface area contributed by atoms with Crippen LogP contribution in [0.3, 0.4) is 0 Å². The van der Waals surface area contributed by atoms with Crippen molar-refractivity contribution in [1.82, 2.24) is 10.2 Å². The second kappa shape index (κ2) is 6.33. The molecule has 1 aliphatic heterocycles.